The predicted octanol–water partition coefficient (Wildman–Crippen LogP) is 2.99. The van der Waals surface area contributed by atoms with Crippen molar-refractivity contribution >= 4 is 23.4 Å². The van der Waals surface area contributed by atoms with Crippen molar-refractivity contribution < 1.29 is 22.8 Å². The van der Waals surface area contributed by atoms with Gasteiger partial charge in [0.25, 0.3) is 0 Å². The van der Waals surface area contributed by atoms with Gasteiger partial charge in [-0.05, 0) is 25.0 Å². The van der Waals surface area contributed by atoms with E-state index in [1.54, 1.807) is 6.92 Å². The lowest BCUT2D eigenvalue weighted by Gasteiger charge is -2.22. The van der Waals surface area contributed by atoms with Gasteiger partial charge in [0, 0.05) is 19.5 Å². The number of likely N-dealkylation sites (N-methyl/N-ethyl adjacent to an activating group) is 1. The lowest BCUT2D eigenvalue weighted by molar-refractivity contribution is -0.137. The average molecular weight is 349 g/mol. The topological polar surface area (TPSA) is 49.4 Å². The van der Waals surface area contributed by atoms with Crippen molar-refractivity contribution in [3.05, 3.63) is 34.3 Å². The van der Waals surface area contributed by atoms with E-state index in [2.05, 4.69) is 5.32 Å². The first-order chi connectivity index (χ1) is 10.8. The van der Waals surface area contributed by atoms with Crippen molar-refractivity contribution in [3.8, 4) is 0 Å². The van der Waals surface area contributed by atoms with Gasteiger partial charge in [-0.2, -0.15) is 13.2 Å². The van der Waals surface area contributed by atoms with Crippen LogP contribution < -0.4 is 5.32 Å². The third-order valence-electron chi connectivity index (χ3n) is 3.81. The summed E-state index contributed by atoms with van der Waals surface area (Å²) in [6.45, 7) is 2.07. The second-order valence-corrected chi connectivity index (χ2v) is 5.61. The van der Waals surface area contributed by atoms with Gasteiger partial charge in [0.1, 0.15) is 6.04 Å². The molecular weight excluding hydrogens is 333 g/mol. The van der Waals surface area contributed by atoms with E-state index in [1.165, 1.54) is 17.0 Å². The standard InChI is InChI=1S/C15H16ClF3N2O2/c1-2-21-11(6-7-12(21)22)14(23)20-8-9-4-3-5-10(13(9)16)15(17,18)19/h3-5,11H,2,6-8H2,1H3,(H,20,23)/t11-/m1/s1. The van der Waals surface area contributed by atoms with Gasteiger partial charge in [-0.15, -0.1) is 0 Å². The first-order valence-corrected chi connectivity index (χ1v) is 7.55. The third kappa shape index (κ3) is 3.77. The van der Waals surface area contributed by atoms with Crippen molar-refractivity contribution in [2.75, 3.05) is 6.54 Å². The highest BCUT2D eigenvalue weighted by Gasteiger charge is 2.35. The van der Waals surface area contributed by atoms with Gasteiger partial charge in [0.15, 0.2) is 0 Å². The smallest absolute Gasteiger partial charge is 0.350 e. The summed E-state index contributed by atoms with van der Waals surface area (Å²) in [6.07, 6.45) is -3.83. The maximum atomic E-state index is 12.8. The number of alkyl halides is 3. The van der Waals surface area contributed by atoms with Crippen molar-refractivity contribution in [1.82, 2.24) is 10.2 Å². The molecule has 1 fully saturated rings. The third-order valence-corrected chi connectivity index (χ3v) is 4.26. The van der Waals surface area contributed by atoms with E-state index < -0.39 is 22.8 Å². The molecule has 0 aliphatic carbocycles. The largest absolute Gasteiger partial charge is 0.417 e. The van der Waals surface area contributed by atoms with Crippen LogP contribution >= 0.6 is 11.6 Å². The Balaban J connectivity index is 2.07. The Morgan fingerprint density at radius 1 is 1.43 bits per heavy atom. The summed E-state index contributed by atoms with van der Waals surface area (Å²) < 4.78 is 38.4. The maximum absolute atomic E-state index is 12.8. The van der Waals surface area contributed by atoms with Crippen molar-refractivity contribution in [1.29, 1.82) is 0 Å². The molecule has 4 nitrogen and oxygen atoms in total. The zero-order chi connectivity index (χ0) is 17.2. The summed E-state index contributed by atoms with van der Waals surface area (Å²) in [4.78, 5) is 25.2. The van der Waals surface area contributed by atoms with Gasteiger partial charge in [0.2, 0.25) is 11.8 Å². The lowest BCUT2D eigenvalue weighted by Crippen LogP contribution is -2.44. The number of carbonyl (C=O) groups excluding carboxylic acids is 2. The molecule has 1 saturated heterocycles. The monoisotopic (exact) mass is 348 g/mol. The Bertz CT molecular complexity index is 619. The van der Waals surface area contributed by atoms with Crippen molar-refractivity contribution in [3.63, 3.8) is 0 Å². The molecule has 1 N–H and O–H groups in total. The fraction of sp³-hybridized carbons (Fsp3) is 0.467. The van der Waals surface area contributed by atoms with Gasteiger partial charge in [-0.1, -0.05) is 23.7 Å². The summed E-state index contributed by atoms with van der Waals surface area (Å²) in [7, 11) is 0. The van der Waals surface area contributed by atoms with Crippen molar-refractivity contribution in [2.24, 2.45) is 0 Å². The van der Waals surface area contributed by atoms with Crippen LogP contribution in [0.5, 0.6) is 0 Å². The Morgan fingerprint density at radius 2 is 2.13 bits per heavy atom. The molecule has 0 saturated carbocycles. The number of rotatable bonds is 4. The molecule has 23 heavy (non-hydrogen) atoms. The molecule has 8 heteroatoms. The molecule has 0 spiro atoms. The van der Waals surface area contributed by atoms with E-state index in [-0.39, 0.29) is 23.9 Å². The molecule has 1 aliphatic heterocycles. The minimum Gasteiger partial charge on any atom is -0.350 e. The SMILES string of the molecule is CCN1C(=O)CC[C@@H]1C(=O)NCc1cccc(C(F)(F)F)c1Cl. The van der Waals surface area contributed by atoms with Crippen LogP contribution in [0, 0.1) is 0 Å². The van der Waals surface area contributed by atoms with Crippen LogP contribution in [0.25, 0.3) is 0 Å². The van der Waals surface area contributed by atoms with Crippen LogP contribution in [-0.4, -0.2) is 29.3 Å². The summed E-state index contributed by atoms with van der Waals surface area (Å²) >= 11 is 5.78. The van der Waals surface area contributed by atoms with Crippen LogP contribution in [0.4, 0.5) is 13.2 Å². The van der Waals surface area contributed by atoms with E-state index in [1.807, 2.05) is 0 Å². The van der Waals surface area contributed by atoms with Gasteiger partial charge < -0.3 is 10.2 Å². The minimum atomic E-state index is -4.55. The highest BCUT2D eigenvalue weighted by atomic mass is 35.5. The molecule has 2 rings (SSSR count). The molecule has 0 unspecified atom stereocenters. The van der Waals surface area contributed by atoms with Gasteiger partial charge in [-0.3, -0.25) is 9.59 Å². The molecule has 126 valence electrons. The maximum Gasteiger partial charge on any atom is 0.417 e. The van der Waals surface area contributed by atoms with Crippen LogP contribution in [0.1, 0.15) is 30.9 Å². The Morgan fingerprint density at radius 3 is 2.74 bits per heavy atom. The fourth-order valence-corrected chi connectivity index (χ4v) is 2.94. The second kappa shape index (κ2) is 6.78. The average Bonchev–Trinajstić information content (AvgIpc) is 2.85. The second-order valence-electron chi connectivity index (χ2n) is 5.23. The minimum absolute atomic E-state index is 0.0928. The van der Waals surface area contributed by atoms with Crippen LogP contribution in [-0.2, 0) is 22.3 Å². The van der Waals surface area contributed by atoms with Gasteiger partial charge >= 0.3 is 6.18 Å². The first-order valence-electron chi connectivity index (χ1n) is 7.17. The van der Waals surface area contributed by atoms with E-state index >= 15 is 0 Å². The van der Waals surface area contributed by atoms with Gasteiger partial charge in [-0.25, -0.2) is 0 Å². The van der Waals surface area contributed by atoms with Crippen LogP contribution in [0.3, 0.4) is 0 Å². The molecule has 1 aromatic carbocycles. The molecule has 0 aromatic heterocycles. The van der Waals surface area contributed by atoms with Crippen LogP contribution in [0.2, 0.25) is 5.02 Å². The Labute approximate surface area is 136 Å². The highest BCUT2D eigenvalue weighted by molar-refractivity contribution is 6.32. The van der Waals surface area contributed by atoms with Crippen LogP contribution in [0.15, 0.2) is 18.2 Å². The van der Waals surface area contributed by atoms with E-state index in [9.17, 15) is 22.8 Å². The molecule has 1 atom stereocenters. The van der Waals surface area contributed by atoms with E-state index in [0.29, 0.717) is 19.4 Å². The fourth-order valence-electron chi connectivity index (χ4n) is 2.64. The number of benzene rings is 1. The molecule has 0 radical (unpaired) electrons. The molecular formula is C15H16ClF3N2O2. The molecule has 0 bridgehead atoms. The Kier molecular flexibility index (Phi) is 5.19. The molecule has 1 aromatic rings. The Hall–Kier alpha value is -1.76. The molecule has 2 amide bonds. The highest BCUT2D eigenvalue weighted by Crippen LogP contribution is 2.36. The normalized spacial score (nSPS) is 18.4. The summed E-state index contributed by atoms with van der Waals surface area (Å²) in [5.41, 5.74) is -0.751. The summed E-state index contributed by atoms with van der Waals surface area (Å²) in [6, 6.07) is 2.99. The number of halogens is 4. The summed E-state index contributed by atoms with van der Waals surface area (Å²) in [5.74, 6) is -0.476. The van der Waals surface area contributed by atoms with E-state index in [4.69, 9.17) is 11.6 Å². The quantitative estimate of drug-likeness (QED) is 0.909. The number of nitrogens with one attached hydrogen (secondary N) is 1. The zero-order valence-corrected chi connectivity index (χ0v) is 13.2. The first kappa shape index (κ1) is 17.6. The number of likely N-dealkylation sites (tertiary alicyclic amines) is 1. The predicted molar refractivity (Wildman–Crippen MR) is 78.7 cm³/mol. The number of hydrogen-bond acceptors (Lipinski definition) is 2. The summed E-state index contributed by atoms with van der Waals surface area (Å²) in [5, 5.41) is 2.14. The van der Waals surface area contributed by atoms with E-state index in [0.717, 1.165) is 6.07 Å². The number of carbonyl (C=O) groups is 2. The van der Waals surface area contributed by atoms with Gasteiger partial charge in [0.05, 0.1) is 10.6 Å². The number of hydrogen-bond donors (Lipinski definition) is 1. The molecule has 1 heterocycles. The van der Waals surface area contributed by atoms with Crippen molar-refractivity contribution in [2.45, 2.75) is 38.5 Å². The lowest BCUT2D eigenvalue weighted by atomic mass is 10.1. The zero-order valence-electron chi connectivity index (χ0n) is 12.4. The number of nitrogens with zero attached hydrogens (tertiary/aromatic N) is 1. The molecule has 1 aliphatic rings. The number of amides is 2.